The Morgan fingerprint density at radius 1 is 0.756 bits per heavy atom. The molecule has 3 aromatic carbocycles. The van der Waals surface area contributed by atoms with Gasteiger partial charge in [-0.2, -0.15) is 0 Å². The molecular formula is C39H48N2. The number of H-pyrrole nitrogens is 1. The van der Waals surface area contributed by atoms with Crippen LogP contribution in [0.5, 0.6) is 0 Å². The van der Waals surface area contributed by atoms with E-state index in [0.717, 1.165) is 13.0 Å². The standard InChI is InChI=1S/C21H23N.C18H25N/c1-21(2,3)19-12-13-22-20(15-19)18-11-7-10-17(14-18)16-8-5-4-6-9-16;1-5-8-15-11-12-18(19-15)17-10-7-6-9-16(17)14(4)13(2)3/h4-12,14-15,22H,13H2,1-3H3;6-7,9-14,19H,5,8H2,1-4H3/t;14-/m.1/s1. The summed E-state index contributed by atoms with van der Waals surface area (Å²) in [5, 5.41) is 3.50. The molecule has 4 aromatic rings. The van der Waals surface area contributed by atoms with Crippen LogP contribution in [0.15, 0.2) is 109 Å². The van der Waals surface area contributed by atoms with Crippen molar-refractivity contribution in [1.82, 2.24) is 10.3 Å². The van der Waals surface area contributed by atoms with Crippen LogP contribution in [-0.4, -0.2) is 11.5 Å². The fourth-order valence-electron chi connectivity index (χ4n) is 5.25. The number of benzene rings is 3. The van der Waals surface area contributed by atoms with E-state index in [2.05, 4.69) is 162 Å². The number of nitrogens with one attached hydrogen (secondary N) is 2. The second-order valence-corrected chi connectivity index (χ2v) is 12.6. The molecule has 2 N–H and O–H groups in total. The Morgan fingerprint density at radius 2 is 1.44 bits per heavy atom. The normalized spacial score (nSPS) is 14.0. The molecule has 0 spiro atoms. The maximum absolute atomic E-state index is 3.56. The maximum Gasteiger partial charge on any atom is 0.0458 e. The van der Waals surface area contributed by atoms with E-state index >= 15 is 0 Å². The Bertz CT molecular complexity index is 1460. The summed E-state index contributed by atoms with van der Waals surface area (Å²) in [5.74, 6) is 1.24. The van der Waals surface area contributed by atoms with E-state index in [1.807, 2.05) is 0 Å². The molecule has 0 aliphatic carbocycles. The number of dihydropyridines is 1. The number of rotatable bonds is 7. The van der Waals surface area contributed by atoms with Crippen molar-refractivity contribution >= 4 is 5.70 Å². The molecule has 2 heteroatoms. The van der Waals surface area contributed by atoms with Crippen molar-refractivity contribution in [2.24, 2.45) is 11.3 Å². The second-order valence-electron chi connectivity index (χ2n) is 12.6. The third kappa shape index (κ3) is 7.91. The highest BCUT2D eigenvalue weighted by Gasteiger charge is 2.19. The van der Waals surface area contributed by atoms with E-state index in [0.29, 0.717) is 11.8 Å². The van der Waals surface area contributed by atoms with Crippen LogP contribution in [0.4, 0.5) is 0 Å². The quantitative estimate of drug-likeness (QED) is 0.238. The molecular weight excluding hydrogens is 496 g/mol. The predicted molar refractivity (Wildman–Crippen MR) is 179 cm³/mol. The lowest BCUT2D eigenvalue weighted by molar-refractivity contribution is 0.513. The number of aryl methyl sites for hydroxylation is 1. The van der Waals surface area contributed by atoms with Gasteiger partial charge >= 0.3 is 0 Å². The molecule has 2 heterocycles. The number of hydrogen-bond donors (Lipinski definition) is 2. The molecule has 0 amide bonds. The average molecular weight is 545 g/mol. The first-order valence-corrected chi connectivity index (χ1v) is 15.3. The number of hydrogen-bond acceptors (Lipinski definition) is 1. The Balaban J connectivity index is 0.000000191. The first-order valence-electron chi connectivity index (χ1n) is 15.3. The van der Waals surface area contributed by atoms with E-state index in [-0.39, 0.29) is 5.41 Å². The first kappa shape index (κ1) is 30.2. The number of allylic oxidation sites excluding steroid dienone is 2. The molecule has 1 aromatic heterocycles. The van der Waals surface area contributed by atoms with Gasteiger partial charge in [-0.3, -0.25) is 0 Å². The molecule has 214 valence electrons. The van der Waals surface area contributed by atoms with Crippen LogP contribution >= 0.6 is 0 Å². The lowest BCUT2D eigenvalue weighted by atomic mass is 9.84. The Morgan fingerprint density at radius 3 is 2.15 bits per heavy atom. The smallest absolute Gasteiger partial charge is 0.0458 e. The molecule has 41 heavy (non-hydrogen) atoms. The molecule has 2 nitrogen and oxygen atoms in total. The van der Waals surface area contributed by atoms with Gasteiger partial charge < -0.3 is 10.3 Å². The summed E-state index contributed by atoms with van der Waals surface area (Å²) < 4.78 is 0. The summed E-state index contributed by atoms with van der Waals surface area (Å²) in [6.45, 7) is 16.8. The fraction of sp³-hybridized carbons (Fsp3) is 0.333. The minimum Gasteiger partial charge on any atom is -0.381 e. The van der Waals surface area contributed by atoms with E-state index in [4.69, 9.17) is 0 Å². The topological polar surface area (TPSA) is 27.8 Å². The molecule has 0 saturated heterocycles. The molecule has 0 unspecified atom stereocenters. The van der Waals surface area contributed by atoms with Gasteiger partial charge in [-0.1, -0.05) is 134 Å². The average Bonchev–Trinajstić information content (AvgIpc) is 3.46. The van der Waals surface area contributed by atoms with E-state index < -0.39 is 0 Å². The Labute approximate surface area is 248 Å². The van der Waals surface area contributed by atoms with Gasteiger partial charge in [0.25, 0.3) is 0 Å². The van der Waals surface area contributed by atoms with Crippen molar-refractivity contribution in [3.05, 3.63) is 126 Å². The minimum atomic E-state index is 0.185. The zero-order chi connectivity index (χ0) is 29.4. The molecule has 0 saturated carbocycles. The van der Waals surface area contributed by atoms with Gasteiger partial charge in [0.05, 0.1) is 0 Å². The monoisotopic (exact) mass is 544 g/mol. The fourth-order valence-corrected chi connectivity index (χ4v) is 5.25. The molecule has 1 aliphatic heterocycles. The van der Waals surface area contributed by atoms with Gasteiger partial charge in [-0.15, -0.1) is 0 Å². The van der Waals surface area contributed by atoms with Crippen LogP contribution in [0.1, 0.15) is 77.6 Å². The zero-order valence-corrected chi connectivity index (χ0v) is 26.1. The minimum absolute atomic E-state index is 0.185. The highest BCUT2D eigenvalue weighted by molar-refractivity contribution is 5.74. The van der Waals surface area contributed by atoms with Crippen molar-refractivity contribution in [2.45, 2.75) is 67.2 Å². The molecule has 0 bridgehead atoms. The SMILES string of the molecule is CC(C)(C)C1=CCNC(c2cccc(-c3ccccc3)c2)=C1.CCCc1ccc(-c2ccccc2[C@H](C)C(C)C)[nH]1. The van der Waals surface area contributed by atoms with Gasteiger partial charge in [0.15, 0.2) is 0 Å². The van der Waals surface area contributed by atoms with Gasteiger partial charge in [0.1, 0.15) is 0 Å². The zero-order valence-electron chi connectivity index (χ0n) is 26.1. The van der Waals surface area contributed by atoms with E-state index in [1.165, 1.54) is 56.9 Å². The van der Waals surface area contributed by atoms with Crippen LogP contribution < -0.4 is 5.32 Å². The molecule has 5 rings (SSSR count). The molecule has 1 atom stereocenters. The predicted octanol–water partition coefficient (Wildman–Crippen LogP) is 10.7. The molecule has 0 fully saturated rings. The third-order valence-corrected chi connectivity index (χ3v) is 8.07. The number of aromatic amines is 1. The van der Waals surface area contributed by atoms with Gasteiger partial charge in [-0.25, -0.2) is 0 Å². The highest BCUT2D eigenvalue weighted by atomic mass is 14.9. The van der Waals surface area contributed by atoms with Crippen LogP contribution in [0.3, 0.4) is 0 Å². The first-order chi connectivity index (χ1) is 19.7. The van der Waals surface area contributed by atoms with Crippen molar-refractivity contribution in [1.29, 1.82) is 0 Å². The van der Waals surface area contributed by atoms with E-state index in [1.54, 1.807) is 0 Å². The van der Waals surface area contributed by atoms with Gasteiger partial charge in [0.2, 0.25) is 0 Å². The Kier molecular flexibility index (Phi) is 10.1. The molecule has 1 aliphatic rings. The summed E-state index contributed by atoms with van der Waals surface area (Å²) in [7, 11) is 0. The summed E-state index contributed by atoms with van der Waals surface area (Å²) in [6.07, 6.45) is 6.88. The summed E-state index contributed by atoms with van der Waals surface area (Å²) in [4.78, 5) is 3.56. The summed E-state index contributed by atoms with van der Waals surface area (Å²) in [5.41, 5.74) is 11.9. The summed E-state index contributed by atoms with van der Waals surface area (Å²) in [6, 6.07) is 32.5. The van der Waals surface area contributed by atoms with Crippen LogP contribution in [0, 0.1) is 11.3 Å². The van der Waals surface area contributed by atoms with Crippen molar-refractivity contribution in [2.75, 3.05) is 6.54 Å². The van der Waals surface area contributed by atoms with Crippen LogP contribution in [0.2, 0.25) is 0 Å². The van der Waals surface area contributed by atoms with Gasteiger partial charge in [0, 0.05) is 29.2 Å². The second kappa shape index (κ2) is 13.7. The Hall–Kier alpha value is -3.78. The molecule has 0 radical (unpaired) electrons. The third-order valence-electron chi connectivity index (χ3n) is 8.07. The van der Waals surface area contributed by atoms with Crippen LogP contribution in [0.25, 0.3) is 28.1 Å². The lowest BCUT2D eigenvalue weighted by Crippen LogP contribution is -2.20. The number of aromatic nitrogens is 1. The lowest BCUT2D eigenvalue weighted by Gasteiger charge is -2.26. The largest absolute Gasteiger partial charge is 0.381 e. The summed E-state index contributed by atoms with van der Waals surface area (Å²) >= 11 is 0. The van der Waals surface area contributed by atoms with Crippen LogP contribution in [-0.2, 0) is 6.42 Å². The van der Waals surface area contributed by atoms with Crippen molar-refractivity contribution in [3.8, 4) is 22.4 Å². The van der Waals surface area contributed by atoms with Gasteiger partial charge in [-0.05, 0) is 75.8 Å². The van der Waals surface area contributed by atoms with Crippen molar-refractivity contribution < 1.29 is 0 Å². The highest BCUT2D eigenvalue weighted by Crippen LogP contribution is 2.33. The maximum atomic E-state index is 3.56. The van der Waals surface area contributed by atoms with Crippen molar-refractivity contribution in [3.63, 3.8) is 0 Å². The van der Waals surface area contributed by atoms with E-state index in [9.17, 15) is 0 Å².